The van der Waals surface area contributed by atoms with E-state index in [9.17, 15) is 0 Å². The van der Waals surface area contributed by atoms with E-state index in [1.807, 2.05) is 30.9 Å². The molecular weight excluding hydrogens is 434 g/mol. The van der Waals surface area contributed by atoms with E-state index < -0.39 is 0 Å². The van der Waals surface area contributed by atoms with Crippen LogP contribution in [0, 0.1) is 5.41 Å². The van der Waals surface area contributed by atoms with Gasteiger partial charge < -0.3 is 14.5 Å². The van der Waals surface area contributed by atoms with Crippen molar-refractivity contribution in [3.63, 3.8) is 0 Å². The Balaban J connectivity index is 1.37. The molecule has 0 N–H and O–H groups in total. The fourth-order valence-corrected chi connectivity index (χ4v) is 5.02. The first-order valence-corrected chi connectivity index (χ1v) is 12.7. The van der Waals surface area contributed by atoms with Gasteiger partial charge in [0.2, 0.25) is 0 Å². The van der Waals surface area contributed by atoms with Crippen LogP contribution in [0.1, 0.15) is 38.3 Å². The largest absolute Gasteiger partial charge is 0.493 e. The van der Waals surface area contributed by atoms with Crippen LogP contribution in [0.5, 0.6) is 5.75 Å². The summed E-state index contributed by atoms with van der Waals surface area (Å²) >= 11 is 0. The van der Waals surface area contributed by atoms with Crippen molar-refractivity contribution < 1.29 is 4.74 Å². The van der Waals surface area contributed by atoms with Crippen molar-refractivity contribution in [3.8, 4) is 5.75 Å². The maximum atomic E-state index is 6.24. The zero-order valence-corrected chi connectivity index (χ0v) is 21.7. The van der Waals surface area contributed by atoms with Gasteiger partial charge in [0.15, 0.2) is 0 Å². The molecule has 3 aromatic rings. The van der Waals surface area contributed by atoms with Gasteiger partial charge in [0.25, 0.3) is 0 Å². The van der Waals surface area contributed by atoms with Crippen LogP contribution >= 0.6 is 0 Å². The quantitative estimate of drug-likeness (QED) is 0.375. The second kappa shape index (κ2) is 11.5. The standard InChI is InChI=1S/C29H39N5O/c1-5-34-23-29(2,3)22-32(4)28-18-26(9-10-27(28)34)35-17-7-16-33(20-24-11-14-30-15-12-24)21-25-8-6-13-31-19-25/h6,8-15,18-19H,5,7,16-17,20-23H2,1-4H3. The molecule has 6 nitrogen and oxygen atoms in total. The summed E-state index contributed by atoms with van der Waals surface area (Å²) in [4.78, 5) is 15.7. The van der Waals surface area contributed by atoms with Crippen molar-refractivity contribution in [2.75, 3.05) is 49.6 Å². The first-order valence-electron chi connectivity index (χ1n) is 12.7. The van der Waals surface area contributed by atoms with Gasteiger partial charge >= 0.3 is 0 Å². The lowest BCUT2D eigenvalue weighted by Gasteiger charge is -2.30. The lowest BCUT2D eigenvalue weighted by atomic mass is 9.92. The highest BCUT2D eigenvalue weighted by molar-refractivity contribution is 5.74. The number of ether oxygens (including phenoxy) is 1. The van der Waals surface area contributed by atoms with Gasteiger partial charge in [-0.1, -0.05) is 19.9 Å². The molecule has 0 aliphatic carbocycles. The average Bonchev–Trinajstić information content (AvgIpc) is 2.95. The maximum Gasteiger partial charge on any atom is 0.121 e. The van der Waals surface area contributed by atoms with Crippen molar-refractivity contribution in [2.24, 2.45) is 5.41 Å². The summed E-state index contributed by atoms with van der Waals surface area (Å²) in [6.45, 7) is 13.4. The Morgan fingerprint density at radius 1 is 0.943 bits per heavy atom. The summed E-state index contributed by atoms with van der Waals surface area (Å²) < 4.78 is 6.24. The fourth-order valence-electron chi connectivity index (χ4n) is 5.02. The number of benzene rings is 1. The maximum absolute atomic E-state index is 6.24. The molecular formula is C29H39N5O. The highest BCUT2D eigenvalue weighted by atomic mass is 16.5. The third-order valence-corrected chi connectivity index (χ3v) is 6.54. The van der Waals surface area contributed by atoms with Gasteiger partial charge in [-0.2, -0.15) is 0 Å². The molecule has 1 aliphatic rings. The summed E-state index contributed by atoms with van der Waals surface area (Å²) in [5.41, 5.74) is 5.28. The second-order valence-corrected chi connectivity index (χ2v) is 10.3. The van der Waals surface area contributed by atoms with E-state index in [0.29, 0.717) is 6.61 Å². The Labute approximate surface area is 210 Å². The molecule has 2 aromatic heterocycles. The first kappa shape index (κ1) is 25.0. The number of fused-ring (bicyclic) bond motifs is 1. The van der Waals surface area contributed by atoms with Crippen molar-refractivity contribution in [2.45, 2.75) is 40.3 Å². The molecule has 0 fully saturated rings. The highest BCUT2D eigenvalue weighted by Gasteiger charge is 2.29. The van der Waals surface area contributed by atoms with Crippen molar-refractivity contribution in [3.05, 3.63) is 78.4 Å². The molecule has 0 atom stereocenters. The number of hydrogen-bond donors (Lipinski definition) is 0. The van der Waals surface area contributed by atoms with Crippen LogP contribution in [0.3, 0.4) is 0 Å². The molecule has 0 radical (unpaired) electrons. The van der Waals surface area contributed by atoms with Crippen LogP contribution in [0.4, 0.5) is 11.4 Å². The summed E-state index contributed by atoms with van der Waals surface area (Å²) in [5.74, 6) is 0.944. The number of pyridine rings is 2. The van der Waals surface area contributed by atoms with E-state index in [2.05, 4.69) is 88.9 Å². The molecule has 0 saturated heterocycles. The van der Waals surface area contributed by atoms with Gasteiger partial charge in [0.05, 0.1) is 18.0 Å². The number of nitrogens with zero attached hydrogens (tertiary/aromatic N) is 5. The number of aromatic nitrogens is 2. The third-order valence-electron chi connectivity index (χ3n) is 6.54. The van der Waals surface area contributed by atoms with Crippen LogP contribution in [0.25, 0.3) is 0 Å². The monoisotopic (exact) mass is 473 g/mol. The van der Waals surface area contributed by atoms with Crippen LogP contribution in [0.2, 0.25) is 0 Å². The zero-order valence-electron chi connectivity index (χ0n) is 21.7. The molecule has 0 amide bonds. The Morgan fingerprint density at radius 2 is 1.74 bits per heavy atom. The molecule has 35 heavy (non-hydrogen) atoms. The number of anilines is 2. The Hall–Kier alpha value is -3.12. The van der Waals surface area contributed by atoms with E-state index in [0.717, 1.165) is 51.4 Å². The minimum absolute atomic E-state index is 0.233. The third kappa shape index (κ3) is 6.95. The molecule has 186 valence electrons. The van der Waals surface area contributed by atoms with Crippen molar-refractivity contribution in [1.82, 2.24) is 14.9 Å². The van der Waals surface area contributed by atoms with Gasteiger partial charge in [0, 0.05) is 77.2 Å². The van der Waals surface area contributed by atoms with Crippen LogP contribution in [-0.4, -0.2) is 54.7 Å². The van der Waals surface area contributed by atoms with Gasteiger partial charge in [-0.15, -0.1) is 0 Å². The smallest absolute Gasteiger partial charge is 0.121 e. The Kier molecular flexibility index (Phi) is 8.24. The number of rotatable bonds is 10. The summed E-state index contributed by atoms with van der Waals surface area (Å²) in [6, 6.07) is 14.9. The molecule has 3 heterocycles. The van der Waals surface area contributed by atoms with E-state index >= 15 is 0 Å². The van der Waals surface area contributed by atoms with E-state index in [4.69, 9.17) is 4.74 Å². The molecule has 0 unspecified atom stereocenters. The molecule has 1 aliphatic heterocycles. The van der Waals surface area contributed by atoms with Gasteiger partial charge in [0.1, 0.15) is 5.75 Å². The second-order valence-electron chi connectivity index (χ2n) is 10.3. The summed E-state index contributed by atoms with van der Waals surface area (Å²) in [6.07, 6.45) is 8.44. The average molecular weight is 474 g/mol. The van der Waals surface area contributed by atoms with E-state index in [-0.39, 0.29) is 5.41 Å². The van der Waals surface area contributed by atoms with E-state index in [1.54, 1.807) is 0 Å². The molecule has 4 rings (SSSR count). The molecule has 0 spiro atoms. The first-order chi connectivity index (χ1) is 16.9. The van der Waals surface area contributed by atoms with Gasteiger partial charge in [-0.3, -0.25) is 14.9 Å². The van der Waals surface area contributed by atoms with Crippen LogP contribution < -0.4 is 14.5 Å². The normalized spacial score (nSPS) is 15.1. The minimum Gasteiger partial charge on any atom is -0.493 e. The lowest BCUT2D eigenvalue weighted by molar-refractivity contribution is 0.221. The Bertz CT molecular complexity index is 1020. The number of hydrogen-bond acceptors (Lipinski definition) is 6. The van der Waals surface area contributed by atoms with Gasteiger partial charge in [-0.05, 0) is 60.2 Å². The minimum atomic E-state index is 0.233. The van der Waals surface area contributed by atoms with Gasteiger partial charge in [-0.25, -0.2) is 0 Å². The predicted octanol–water partition coefficient (Wildman–Crippen LogP) is 5.25. The summed E-state index contributed by atoms with van der Waals surface area (Å²) in [5, 5.41) is 0. The summed E-state index contributed by atoms with van der Waals surface area (Å²) in [7, 11) is 2.19. The SMILES string of the molecule is CCN1CC(C)(C)CN(C)c2cc(OCCCN(Cc3ccncc3)Cc3cccnc3)ccc21. The van der Waals surface area contributed by atoms with Crippen molar-refractivity contribution >= 4 is 11.4 Å². The van der Waals surface area contributed by atoms with Crippen LogP contribution in [0.15, 0.2) is 67.3 Å². The Morgan fingerprint density at radius 3 is 2.49 bits per heavy atom. The highest BCUT2D eigenvalue weighted by Crippen LogP contribution is 2.38. The zero-order chi connectivity index (χ0) is 24.7. The lowest BCUT2D eigenvalue weighted by Crippen LogP contribution is -2.37. The molecule has 0 bridgehead atoms. The van der Waals surface area contributed by atoms with Crippen molar-refractivity contribution in [1.29, 1.82) is 0 Å². The molecule has 1 aromatic carbocycles. The topological polar surface area (TPSA) is 44.7 Å². The molecule has 0 saturated carbocycles. The van der Waals surface area contributed by atoms with E-state index in [1.165, 1.54) is 22.5 Å². The fraction of sp³-hybridized carbons (Fsp3) is 0.448. The predicted molar refractivity (Wildman–Crippen MR) is 144 cm³/mol. The van der Waals surface area contributed by atoms with Crippen LogP contribution in [-0.2, 0) is 13.1 Å². The molecule has 6 heteroatoms.